The van der Waals surface area contributed by atoms with Gasteiger partial charge in [-0.2, -0.15) is 0 Å². The minimum absolute atomic E-state index is 0.140. The number of thioether (sulfide) groups is 1. The van der Waals surface area contributed by atoms with Crippen LogP contribution in [0, 0.1) is 0 Å². The number of ether oxygens (including phenoxy) is 1. The molecule has 4 aromatic rings. The summed E-state index contributed by atoms with van der Waals surface area (Å²) in [6, 6.07) is 23.5. The van der Waals surface area contributed by atoms with Gasteiger partial charge in [-0.25, -0.2) is 4.98 Å². The van der Waals surface area contributed by atoms with Crippen LogP contribution in [-0.4, -0.2) is 17.1 Å². The number of rotatable bonds is 5. The molecule has 0 amide bonds. The second-order valence-corrected chi connectivity index (χ2v) is 7.11. The average Bonchev–Trinajstić information content (AvgIpc) is 2.73. The number of para-hydroxylation sites is 1. The molecule has 0 aliphatic heterocycles. The normalized spacial score (nSPS) is 10.9. The van der Waals surface area contributed by atoms with Gasteiger partial charge in [0.05, 0.1) is 18.0 Å². The molecule has 5 heteroatoms. The lowest BCUT2D eigenvalue weighted by Crippen LogP contribution is -2.09. The zero-order chi connectivity index (χ0) is 18.6. The predicted octanol–water partition coefficient (Wildman–Crippen LogP) is 4.89. The fourth-order valence-corrected chi connectivity index (χ4v) is 3.82. The third kappa shape index (κ3) is 3.73. The molecule has 4 rings (SSSR count). The van der Waals surface area contributed by atoms with Gasteiger partial charge in [0.15, 0.2) is 0 Å². The first-order valence-electron chi connectivity index (χ1n) is 8.59. The molecule has 3 aromatic carbocycles. The number of hydrogen-bond acceptors (Lipinski definition) is 4. The van der Waals surface area contributed by atoms with E-state index in [1.807, 2.05) is 54.6 Å². The molecule has 0 saturated heterocycles. The second kappa shape index (κ2) is 7.68. The number of aromatic amines is 1. The first-order chi connectivity index (χ1) is 13.2. The summed E-state index contributed by atoms with van der Waals surface area (Å²) < 4.78 is 5.58. The SMILES string of the molecule is COc1cc(-c2nc3ccccc3c(=O)[nH]2)ccc1CSc1ccccc1. The maximum atomic E-state index is 12.3. The van der Waals surface area contributed by atoms with Gasteiger partial charge in [0.2, 0.25) is 0 Å². The maximum absolute atomic E-state index is 12.3. The highest BCUT2D eigenvalue weighted by atomic mass is 32.2. The van der Waals surface area contributed by atoms with Crippen LogP contribution >= 0.6 is 11.8 Å². The van der Waals surface area contributed by atoms with Crippen molar-refractivity contribution >= 4 is 22.7 Å². The standard InChI is InChI=1S/C22H18N2O2S/c1-26-20-13-15(11-12-16(20)14-27-17-7-3-2-4-8-17)21-23-19-10-6-5-9-18(19)22(25)24-21/h2-13H,14H2,1H3,(H,23,24,25). The molecule has 0 unspecified atom stereocenters. The fourth-order valence-electron chi connectivity index (χ4n) is 2.91. The Morgan fingerprint density at radius 1 is 1.00 bits per heavy atom. The Morgan fingerprint density at radius 2 is 1.78 bits per heavy atom. The Kier molecular flexibility index (Phi) is 4.94. The summed E-state index contributed by atoms with van der Waals surface area (Å²) in [5.74, 6) is 2.13. The molecule has 4 nitrogen and oxygen atoms in total. The highest BCUT2D eigenvalue weighted by Crippen LogP contribution is 2.31. The zero-order valence-electron chi connectivity index (χ0n) is 14.8. The zero-order valence-corrected chi connectivity index (χ0v) is 15.6. The third-order valence-electron chi connectivity index (χ3n) is 4.31. The highest BCUT2D eigenvalue weighted by Gasteiger charge is 2.10. The quantitative estimate of drug-likeness (QED) is 0.505. The van der Waals surface area contributed by atoms with Crippen molar-refractivity contribution in [2.75, 3.05) is 7.11 Å². The number of methoxy groups -OCH3 is 1. The number of nitrogens with one attached hydrogen (secondary N) is 1. The van der Waals surface area contributed by atoms with E-state index >= 15 is 0 Å². The van der Waals surface area contributed by atoms with Crippen molar-refractivity contribution in [3.63, 3.8) is 0 Å². The van der Waals surface area contributed by atoms with Crippen LogP contribution in [0.5, 0.6) is 5.75 Å². The van der Waals surface area contributed by atoms with E-state index in [-0.39, 0.29) is 5.56 Å². The molecule has 0 radical (unpaired) electrons. The van der Waals surface area contributed by atoms with E-state index < -0.39 is 0 Å². The maximum Gasteiger partial charge on any atom is 0.259 e. The van der Waals surface area contributed by atoms with E-state index in [4.69, 9.17) is 4.74 Å². The predicted molar refractivity (Wildman–Crippen MR) is 110 cm³/mol. The Hall–Kier alpha value is -3.05. The van der Waals surface area contributed by atoms with E-state index in [0.29, 0.717) is 16.7 Å². The van der Waals surface area contributed by atoms with Crippen LogP contribution in [0.15, 0.2) is 82.5 Å². The topological polar surface area (TPSA) is 55.0 Å². The van der Waals surface area contributed by atoms with Crippen molar-refractivity contribution in [2.24, 2.45) is 0 Å². The van der Waals surface area contributed by atoms with Gasteiger partial charge in [-0.15, -0.1) is 11.8 Å². The number of fused-ring (bicyclic) bond motifs is 1. The Labute approximate surface area is 161 Å². The van der Waals surface area contributed by atoms with Gasteiger partial charge >= 0.3 is 0 Å². The lowest BCUT2D eigenvalue weighted by Gasteiger charge is -2.11. The summed E-state index contributed by atoms with van der Waals surface area (Å²) in [5.41, 5.74) is 2.46. The number of aromatic nitrogens is 2. The summed E-state index contributed by atoms with van der Waals surface area (Å²) in [4.78, 5) is 21.0. The summed E-state index contributed by atoms with van der Waals surface area (Å²) in [5, 5.41) is 0.587. The van der Waals surface area contributed by atoms with Gasteiger partial charge in [0.25, 0.3) is 5.56 Å². The average molecular weight is 374 g/mol. The number of nitrogens with zero attached hydrogens (tertiary/aromatic N) is 1. The Balaban J connectivity index is 1.66. The second-order valence-electron chi connectivity index (χ2n) is 6.06. The van der Waals surface area contributed by atoms with Gasteiger partial charge in [-0.1, -0.05) is 42.5 Å². The van der Waals surface area contributed by atoms with Crippen molar-refractivity contribution in [3.8, 4) is 17.1 Å². The van der Waals surface area contributed by atoms with Gasteiger partial charge < -0.3 is 9.72 Å². The van der Waals surface area contributed by atoms with Crippen LogP contribution in [0.25, 0.3) is 22.3 Å². The van der Waals surface area contributed by atoms with Gasteiger partial charge in [-0.05, 0) is 30.3 Å². The van der Waals surface area contributed by atoms with Crippen molar-refractivity contribution < 1.29 is 4.74 Å². The van der Waals surface area contributed by atoms with Gasteiger partial charge in [-0.3, -0.25) is 4.79 Å². The van der Waals surface area contributed by atoms with Gasteiger partial charge in [0.1, 0.15) is 11.6 Å². The summed E-state index contributed by atoms with van der Waals surface area (Å²) in [7, 11) is 1.66. The number of benzene rings is 3. The molecule has 0 bridgehead atoms. The lowest BCUT2D eigenvalue weighted by molar-refractivity contribution is 0.411. The van der Waals surface area contributed by atoms with Crippen molar-refractivity contribution in [2.45, 2.75) is 10.6 Å². The van der Waals surface area contributed by atoms with Crippen LogP contribution in [0.1, 0.15) is 5.56 Å². The molecule has 27 heavy (non-hydrogen) atoms. The summed E-state index contributed by atoms with van der Waals surface area (Å²) in [6.07, 6.45) is 0. The van der Waals surface area contributed by atoms with Crippen molar-refractivity contribution in [1.82, 2.24) is 9.97 Å². The molecular weight excluding hydrogens is 356 g/mol. The Morgan fingerprint density at radius 3 is 2.59 bits per heavy atom. The molecule has 1 heterocycles. The molecule has 0 saturated carbocycles. The number of H-pyrrole nitrogens is 1. The first-order valence-corrected chi connectivity index (χ1v) is 9.57. The van der Waals surface area contributed by atoms with Crippen LogP contribution in [0.3, 0.4) is 0 Å². The lowest BCUT2D eigenvalue weighted by atomic mass is 10.1. The molecule has 134 valence electrons. The monoisotopic (exact) mass is 374 g/mol. The van der Waals surface area contributed by atoms with Crippen LogP contribution in [0.2, 0.25) is 0 Å². The number of hydrogen-bond donors (Lipinski definition) is 1. The molecular formula is C22H18N2O2S. The van der Waals surface area contributed by atoms with Crippen LogP contribution in [-0.2, 0) is 5.75 Å². The Bertz CT molecular complexity index is 1140. The van der Waals surface area contributed by atoms with Gasteiger partial charge in [0, 0.05) is 21.8 Å². The molecule has 1 aromatic heterocycles. The molecule has 0 aliphatic rings. The molecule has 1 N–H and O–H groups in total. The van der Waals surface area contributed by atoms with E-state index in [1.54, 1.807) is 24.9 Å². The molecule has 0 spiro atoms. The fraction of sp³-hybridized carbons (Fsp3) is 0.0909. The van der Waals surface area contributed by atoms with E-state index in [0.717, 1.165) is 22.6 Å². The largest absolute Gasteiger partial charge is 0.496 e. The van der Waals surface area contributed by atoms with E-state index in [2.05, 4.69) is 22.1 Å². The molecule has 0 atom stereocenters. The molecule has 0 aliphatic carbocycles. The van der Waals surface area contributed by atoms with Crippen molar-refractivity contribution in [1.29, 1.82) is 0 Å². The van der Waals surface area contributed by atoms with Crippen LogP contribution < -0.4 is 10.3 Å². The first kappa shape index (κ1) is 17.4. The van der Waals surface area contributed by atoms with Crippen LogP contribution in [0.4, 0.5) is 0 Å². The van der Waals surface area contributed by atoms with E-state index in [1.165, 1.54) is 4.90 Å². The van der Waals surface area contributed by atoms with Crippen molar-refractivity contribution in [3.05, 3.63) is 88.7 Å². The summed E-state index contributed by atoms with van der Waals surface area (Å²) >= 11 is 1.76. The van der Waals surface area contributed by atoms with E-state index in [9.17, 15) is 4.79 Å². The minimum Gasteiger partial charge on any atom is -0.496 e. The smallest absolute Gasteiger partial charge is 0.259 e. The molecule has 0 fully saturated rings. The highest BCUT2D eigenvalue weighted by molar-refractivity contribution is 7.98. The third-order valence-corrected chi connectivity index (χ3v) is 5.37. The summed E-state index contributed by atoms with van der Waals surface area (Å²) in [6.45, 7) is 0. The minimum atomic E-state index is -0.140.